The predicted molar refractivity (Wildman–Crippen MR) is 85.3 cm³/mol. The minimum atomic E-state index is 0.364. The van der Waals surface area contributed by atoms with Gasteiger partial charge in [0, 0.05) is 33.4 Å². The molecule has 4 heteroatoms. The summed E-state index contributed by atoms with van der Waals surface area (Å²) in [6.45, 7) is 7.21. The maximum absolute atomic E-state index is 5.08. The number of nitrogens with one attached hydrogen (secondary N) is 1. The monoisotopic (exact) mass is 279 g/mol. The maximum Gasteiger partial charge on any atom is 0.0574 e. The van der Waals surface area contributed by atoms with Gasteiger partial charge in [0.05, 0.1) is 17.6 Å². The van der Waals surface area contributed by atoms with Crippen LogP contribution in [0.5, 0.6) is 0 Å². The van der Waals surface area contributed by atoms with E-state index in [4.69, 9.17) is 4.74 Å². The summed E-state index contributed by atoms with van der Waals surface area (Å²) in [7, 11) is 3.84. The fraction of sp³-hybridized carbons (Fsp3) is 0.688. The first-order chi connectivity index (χ1) is 9.72. The Bertz CT molecular complexity index is 353. The second-order valence-electron chi connectivity index (χ2n) is 5.12. The summed E-state index contributed by atoms with van der Waals surface area (Å²) in [6, 6.07) is 4.66. The molecule has 0 saturated heterocycles. The van der Waals surface area contributed by atoms with Crippen molar-refractivity contribution in [2.75, 3.05) is 38.8 Å². The molecule has 0 saturated carbocycles. The van der Waals surface area contributed by atoms with E-state index in [9.17, 15) is 0 Å². The number of methoxy groups -OCH3 is 1. The second-order valence-corrected chi connectivity index (χ2v) is 5.12. The van der Waals surface area contributed by atoms with Crippen LogP contribution in [0.1, 0.15) is 44.8 Å². The molecule has 4 nitrogen and oxygen atoms in total. The molecule has 1 rings (SSSR count). The van der Waals surface area contributed by atoms with Gasteiger partial charge in [0.1, 0.15) is 0 Å². The van der Waals surface area contributed by atoms with Crippen LogP contribution < -0.4 is 10.2 Å². The smallest absolute Gasteiger partial charge is 0.0574 e. The average molecular weight is 279 g/mol. The van der Waals surface area contributed by atoms with Gasteiger partial charge in [-0.3, -0.25) is 4.98 Å². The molecule has 0 fully saturated rings. The quantitative estimate of drug-likeness (QED) is 0.668. The Morgan fingerprint density at radius 1 is 1.35 bits per heavy atom. The third-order valence-electron chi connectivity index (χ3n) is 3.46. The average Bonchev–Trinajstić information content (AvgIpc) is 2.49. The summed E-state index contributed by atoms with van der Waals surface area (Å²) >= 11 is 0. The molecule has 0 bridgehead atoms. The van der Waals surface area contributed by atoms with Gasteiger partial charge in [-0.05, 0) is 37.9 Å². The van der Waals surface area contributed by atoms with Crippen molar-refractivity contribution >= 4 is 5.69 Å². The number of ether oxygens (including phenoxy) is 1. The normalized spacial score (nSPS) is 12.4. The molecular formula is C16H29N3O. The Morgan fingerprint density at radius 3 is 2.70 bits per heavy atom. The van der Waals surface area contributed by atoms with Crippen molar-refractivity contribution < 1.29 is 4.74 Å². The molecule has 0 aliphatic heterocycles. The minimum absolute atomic E-state index is 0.364. The van der Waals surface area contributed by atoms with Crippen molar-refractivity contribution in [2.45, 2.75) is 39.2 Å². The van der Waals surface area contributed by atoms with Crippen LogP contribution in [-0.4, -0.2) is 38.8 Å². The molecule has 0 aromatic carbocycles. The molecule has 114 valence electrons. The van der Waals surface area contributed by atoms with Gasteiger partial charge in [0.15, 0.2) is 0 Å². The number of anilines is 1. The fourth-order valence-corrected chi connectivity index (χ4v) is 2.18. The molecule has 20 heavy (non-hydrogen) atoms. The summed E-state index contributed by atoms with van der Waals surface area (Å²) < 4.78 is 5.08. The highest BCUT2D eigenvalue weighted by Gasteiger charge is 2.10. The second kappa shape index (κ2) is 9.72. The SMILES string of the molecule is CCCNC(CC)c1ccc(N(C)CCCOC)cn1. The van der Waals surface area contributed by atoms with Crippen LogP contribution in [0.15, 0.2) is 18.3 Å². The number of hydrogen-bond acceptors (Lipinski definition) is 4. The molecule has 0 aliphatic rings. The molecular weight excluding hydrogens is 250 g/mol. The third-order valence-corrected chi connectivity index (χ3v) is 3.46. The van der Waals surface area contributed by atoms with Gasteiger partial charge in [0.2, 0.25) is 0 Å². The molecule has 1 atom stereocenters. The molecule has 0 aliphatic carbocycles. The Kier molecular flexibility index (Phi) is 8.23. The van der Waals surface area contributed by atoms with Crippen LogP contribution in [-0.2, 0) is 4.74 Å². The van der Waals surface area contributed by atoms with Crippen LogP contribution in [0.3, 0.4) is 0 Å². The zero-order valence-corrected chi connectivity index (χ0v) is 13.4. The maximum atomic E-state index is 5.08. The summed E-state index contributed by atoms with van der Waals surface area (Å²) in [5.74, 6) is 0. The minimum Gasteiger partial charge on any atom is -0.385 e. The van der Waals surface area contributed by atoms with Crippen LogP contribution >= 0.6 is 0 Å². The molecule has 1 aromatic heterocycles. The van der Waals surface area contributed by atoms with E-state index >= 15 is 0 Å². The van der Waals surface area contributed by atoms with E-state index in [1.165, 1.54) is 0 Å². The number of pyridine rings is 1. The number of rotatable bonds is 10. The molecule has 0 spiro atoms. The zero-order chi connectivity index (χ0) is 14.8. The van der Waals surface area contributed by atoms with E-state index in [1.54, 1.807) is 7.11 Å². The lowest BCUT2D eigenvalue weighted by Gasteiger charge is -2.20. The topological polar surface area (TPSA) is 37.4 Å². The van der Waals surface area contributed by atoms with Gasteiger partial charge in [-0.1, -0.05) is 13.8 Å². The lowest BCUT2D eigenvalue weighted by atomic mass is 10.1. The van der Waals surface area contributed by atoms with Crippen LogP contribution in [0, 0.1) is 0 Å². The molecule has 1 N–H and O–H groups in total. The Balaban J connectivity index is 2.57. The van der Waals surface area contributed by atoms with Crippen LogP contribution in [0.25, 0.3) is 0 Å². The summed E-state index contributed by atoms with van der Waals surface area (Å²) in [4.78, 5) is 6.84. The van der Waals surface area contributed by atoms with Gasteiger partial charge in [-0.2, -0.15) is 0 Å². The summed E-state index contributed by atoms with van der Waals surface area (Å²) in [5.41, 5.74) is 2.30. The molecule has 0 radical (unpaired) electrons. The van der Waals surface area contributed by atoms with Crippen molar-refractivity contribution in [3.8, 4) is 0 Å². The van der Waals surface area contributed by atoms with Gasteiger partial charge in [-0.15, -0.1) is 0 Å². The van der Waals surface area contributed by atoms with Gasteiger partial charge < -0.3 is 15.0 Å². The first-order valence-corrected chi connectivity index (χ1v) is 7.62. The van der Waals surface area contributed by atoms with E-state index in [1.807, 2.05) is 6.20 Å². The van der Waals surface area contributed by atoms with E-state index in [-0.39, 0.29) is 0 Å². The lowest BCUT2D eigenvalue weighted by Crippen LogP contribution is -2.23. The van der Waals surface area contributed by atoms with E-state index in [0.29, 0.717) is 6.04 Å². The van der Waals surface area contributed by atoms with Crippen LogP contribution in [0.4, 0.5) is 5.69 Å². The van der Waals surface area contributed by atoms with Crippen molar-refractivity contribution in [1.29, 1.82) is 0 Å². The largest absolute Gasteiger partial charge is 0.385 e. The van der Waals surface area contributed by atoms with Crippen molar-refractivity contribution in [3.05, 3.63) is 24.0 Å². The Labute approximate surface area is 123 Å². The summed E-state index contributed by atoms with van der Waals surface area (Å²) in [6.07, 6.45) is 5.22. The Hall–Kier alpha value is -1.13. The number of aromatic nitrogens is 1. The highest BCUT2D eigenvalue weighted by Crippen LogP contribution is 2.18. The van der Waals surface area contributed by atoms with Gasteiger partial charge in [-0.25, -0.2) is 0 Å². The van der Waals surface area contributed by atoms with E-state index in [0.717, 1.165) is 50.3 Å². The first-order valence-electron chi connectivity index (χ1n) is 7.62. The number of nitrogens with zero attached hydrogens (tertiary/aromatic N) is 2. The van der Waals surface area contributed by atoms with Gasteiger partial charge in [0.25, 0.3) is 0 Å². The van der Waals surface area contributed by atoms with Crippen molar-refractivity contribution in [3.63, 3.8) is 0 Å². The number of hydrogen-bond donors (Lipinski definition) is 1. The van der Waals surface area contributed by atoms with E-state index < -0.39 is 0 Å². The third kappa shape index (κ3) is 5.47. The predicted octanol–water partition coefficient (Wildman–Crippen LogP) is 3.01. The summed E-state index contributed by atoms with van der Waals surface area (Å²) in [5, 5.41) is 3.53. The fourth-order valence-electron chi connectivity index (χ4n) is 2.18. The van der Waals surface area contributed by atoms with Gasteiger partial charge >= 0.3 is 0 Å². The van der Waals surface area contributed by atoms with Crippen molar-refractivity contribution in [1.82, 2.24) is 10.3 Å². The first kappa shape index (κ1) is 16.9. The van der Waals surface area contributed by atoms with Crippen LogP contribution in [0.2, 0.25) is 0 Å². The Morgan fingerprint density at radius 2 is 2.15 bits per heavy atom. The molecule has 0 amide bonds. The molecule has 1 aromatic rings. The highest BCUT2D eigenvalue weighted by atomic mass is 16.5. The lowest BCUT2D eigenvalue weighted by molar-refractivity contribution is 0.196. The van der Waals surface area contributed by atoms with E-state index in [2.05, 4.69) is 48.2 Å². The highest BCUT2D eigenvalue weighted by molar-refractivity contribution is 5.43. The molecule has 1 unspecified atom stereocenters. The zero-order valence-electron chi connectivity index (χ0n) is 13.4. The standard InChI is InChI=1S/C16H29N3O/c1-5-10-17-15(6-2)16-9-8-14(13-18-16)19(3)11-7-12-20-4/h8-9,13,15,17H,5-7,10-12H2,1-4H3. The molecule has 1 heterocycles. The van der Waals surface area contributed by atoms with Crippen molar-refractivity contribution in [2.24, 2.45) is 0 Å².